The molecule has 2 aliphatic carbocycles. The third kappa shape index (κ3) is 2.05. The second-order valence-corrected chi connectivity index (χ2v) is 6.08. The predicted octanol–water partition coefficient (Wildman–Crippen LogP) is 3.43. The van der Waals surface area contributed by atoms with Crippen LogP contribution in [0.25, 0.3) is 5.32 Å². The Morgan fingerprint density at radius 1 is 1.15 bits per heavy atom. The fourth-order valence-electron chi connectivity index (χ4n) is 4.43. The van der Waals surface area contributed by atoms with Gasteiger partial charge in [0.15, 0.2) is 11.5 Å². The summed E-state index contributed by atoms with van der Waals surface area (Å²) in [7, 11) is 0. The number of aromatic hydroxyl groups is 2. The van der Waals surface area contributed by atoms with Gasteiger partial charge in [-0.25, -0.2) is 0 Å². The van der Waals surface area contributed by atoms with E-state index < -0.39 is 0 Å². The van der Waals surface area contributed by atoms with Crippen LogP contribution in [0.5, 0.6) is 11.5 Å². The number of phenols is 2. The van der Waals surface area contributed by atoms with E-state index in [4.69, 9.17) is 5.32 Å². The summed E-state index contributed by atoms with van der Waals surface area (Å²) < 4.78 is 0. The fraction of sp³-hybridized carbons (Fsp3) is 0.562. The van der Waals surface area contributed by atoms with Crippen LogP contribution < -0.4 is 0 Å². The van der Waals surface area contributed by atoms with Crippen molar-refractivity contribution in [1.29, 1.82) is 0 Å². The topological polar surface area (TPSA) is 54.6 Å². The van der Waals surface area contributed by atoms with Crippen molar-refractivity contribution >= 4 is 0 Å². The Bertz CT molecular complexity index is 519. The van der Waals surface area contributed by atoms with E-state index in [1.165, 1.54) is 12.0 Å². The van der Waals surface area contributed by atoms with E-state index in [1.807, 2.05) is 6.07 Å². The first-order valence-corrected chi connectivity index (χ1v) is 7.32. The van der Waals surface area contributed by atoms with Crippen LogP contribution in [0.4, 0.5) is 0 Å². The van der Waals surface area contributed by atoms with Gasteiger partial charge in [-0.3, -0.25) is 0 Å². The molecule has 2 unspecified atom stereocenters. The molecule has 1 aliphatic heterocycles. The summed E-state index contributed by atoms with van der Waals surface area (Å²) in [5.74, 6) is 1.39. The number of benzene rings is 1. The van der Waals surface area contributed by atoms with E-state index in [9.17, 15) is 10.2 Å². The molecule has 0 bridgehead atoms. The number of rotatable bonds is 0. The van der Waals surface area contributed by atoms with Crippen molar-refractivity contribution in [1.82, 2.24) is 0 Å². The maximum Gasteiger partial charge on any atom is 0.161 e. The van der Waals surface area contributed by atoms with Crippen LogP contribution in [0.15, 0.2) is 12.1 Å². The molecule has 2 fully saturated rings. The molecule has 1 saturated heterocycles. The Kier molecular flexibility index (Phi) is 4.13. The van der Waals surface area contributed by atoms with E-state index in [0.29, 0.717) is 23.8 Å². The minimum atomic E-state index is 0. The number of hydrogen-bond donors (Lipinski definition) is 2. The van der Waals surface area contributed by atoms with Gasteiger partial charge < -0.3 is 22.0 Å². The standard InChI is InChI=1S/C16H19NO2.Y/c18-13-6-5-10-12-7-8-17-15(12)11-4-2-1-3-9(11)14(10)16(13)19;/h4-6,9,11-12,15,18-19H,1-3,7-8H2;/q-2;/t9-,11?,12?,15-;/m1./s1. The van der Waals surface area contributed by atoms with E-state index in [1.54, 1.807) is 6.07 Å². The molecule has 3 nitrogen and oxygen atoms in total. The van der Waals surface area contributed by atoms with Gasteiger partial charge in [0.25, 0.3) is 0 Å². The average Bonchev–Trinajstić information content (AvgIpc) is 2.92. The molecule has 1 radical (unpaired) electrons. The Balaban J connectivity index is 0.00000121. The van der Waals surface area contributed by atoms with Crippen molar-refractivity contribution in [3.63, 3.8) is 0 Å². The molecule has 0 amide bonds. The van der Waals surface area contributed by atoms with Crippen LogP contribution in [0.2, 0.25) is 0 Å². The van der Waals surface area contributed by atoms with Gasteiger partial charge in [0.1, 0.15) is 0 Å². The molecule has 1 aromatic rings. The first-order chi connectivity index (χ1) is 9.27. The van der Waals surface area contributed by atoms with Crippen LogP contribution in [-0.4, -0.2) is 22.8 Å². The largest absolute Gasteiger partial charge is 0.661 e. The maximum atomic E-state index is 10.3. The SMILES string of the molecule is Oc1ccc2c(c1O)[C@@H]1CCC[CH-]C1[C@H]1[N-]CCC21.[Y]. The monoisotopic (exact) mass is 346 g/mol. The summed E-state index contributed by atoms with van der Waals surface area (Å²) in [6.07, 6.45) is 6.93. The Labute approximate surface area is 145 Å². The zero-order valence-electron chi connectivity index (χ0n) is 11.5. The quantitative estimate of drug-likeness (QED) is 0.559. The molecule has 4 atom stereocenters. The Morgan fingerprint density at radius 3 is 2.85 bits per heavy atom. The van der Waals surface area contributed by atoms with Crippen LogP contribution in [0.3, 0.4) is 0 Å². The predicted molar refractivity (Wildman–Crippen MR) is 73.5 cm³/mol. The minimum Gasteiger partial charge on any atom is -0.661 e. The van der Waals surface area contributed by atoms with Gasteiger partial charge in [0, 0.05) is 38.3 Å². The normalized spacial score (nSPS) is 34.6. The molecule has 4 heteroatoms. The summed E-state index contributed by atoms with van der Waals surface area (Å²) in [6, 6.07) is 4.05. The van der Waals surface area contributed by atoms with Gasteiger partial charge in [-0.2, -0.15) is 18.4 Å². The van der Waals surface area contributed by atoms with E-state index >= 15 is 0 Å². The minimum absolute atomic E-state index is 0. The third-order valence-electron chi connectivity index (χ3n) is 5.21. The number of hydrogen-bond acceptors (Lipinski definition) is 2. The Morgan fingerprint density at radius 2 is 2.00 bits per heavy atom. The molecular weight excluding hydrogens is 327 g/mol. The molecule has 4 rings (SSSR count). The van der Waals surface area contributed by atoms with Crippen LogP contribution in [-0.2, 0) is 32.7 Å². The molecule has 105 valence electrons. The number of fused-ring (bicyclic) bond motifs is 6. The van der Waals surface area contributed by atoms with Gasteiger partial charge in [0.2, 0.25) is 0 Å². The van der Waals surface area contributed by atoms with Gasteiger partial charge in [-0.1, -0.05) is 25.3 Å². The molecular formula is C16H19NO2Y-2. The molecule has 0 aromatic heterocycles. The summed E-state index contributed by atoms with van der Waals surface area (Å²) in [4.78, 5) is 0. The van der Waals surface area contributed by atoms with Crippen LogP contribution in [0.1, 0.15) is 48.6 Å². The molecule has 1 saturated carbocycles. The van der Waals surface area contributed by atoms with E-state index in [2.05, 4.69) is 6.42 Å². The third-order valence-corrected chi connectivity index (χ3v) is 5.21. The van der Waals surface area contributed by atoms with Crippen molar-refractivity contribution in [2.75, 3.05) is 6.54 Å². The molecule has 0 spiro atoms. The summed E-state index contributed by atoms with van der Waals surface area (Å²) >= 11 is 0. The second kappa shape index (κ2) is 5.59. The molecule has 1 heterocycles. The second-order valence-electron chi connectivity index (χ2n) is 6.08. The van der Waals surface area contributed by atoms with Crippen molar-refractivity contribution in [3.05, 3.63) is 35.0 Å². The molecule has 3 aliphatic rings. The first kappa shape index (κ1) is 14.8. The molecule has 20 heavy (non-hydrogen) atoms. The van der Waals surface area contributed by atoms with Crippen molar-refractivity contribution < 1.29 is 42.9 Å². The smallest absolute Gasteiger partial charge is 0.161 e. The molecule has 2 N–H and O–H groups in total. The van der Waals surface area contributed by atoms with Crippen molar-refractivity contribution in [2.45, 2.75) is 43.6 Å². The fourth-order valence-corrected chi connectivity index (χ4v) is 4.43. The van der Waals surface area contributed by atoms with Gasteiger partial charge >= 0.3 is 0 Å². The Hall–Kier alpha value is -0.116. The van der Waals surface area contributed by atoms with Gasteiger partial charge in [-0.05, 0) is 23.5 Å². The van der Waals surface area contributed by atoms with Gasteiger partial charge in [-0.15, -0.1) is 6.54 Å². The zero-order valence-corrected chi connectivity index (χ0v) is 14.3. The number of phenolic OH excluding ortho intramolecular Hbond substituents is 2. The van der Waals surface area contributed by atoms with Crippen molar-refractivity contribution in [2.24, 2.45) is 5.92 Å². The van der Waals surface area contributed by atoms with Crippen LogP contribution >= 0.6 is 0 Å². The van der Waals surface area contributed by atoms with E-state index in [0.717, 1.165) is 31.4 Å². The summed E-state index contributed by atoms with van der Waals surface area (Å²) in [6.45, 7) is 0.938. The maximum absolute atomic E-state index is 10.3. The van der Waals surface area contributed by atoms with Crippen LogP contribution in [0, 0.1) is 12.3 Å². The zero-order chi connectivity index (χ0) is 13.0. The number of nitrogens with zero attached hydrogens (tertiary/aromatic N) is 1. The average molecular weight is 346 g/mol. The van der Waals surface area contributed by atoms with Gasteiger partial charge in [0.05, 0.1) is 0 Å². The summed E-state index contributed by atoms with van der Waals surface area (Å²) in [5.41, 5.74) is 2.25. The van der Waals surface area contributed by atoms with E-state index in [-0.39, 0.29) is 44.2 Å². The van der Waals surface area contributed by atoms with Crippen molar-refractivity contribution in [3.8, 4) is 11.5 Å². The summed E-state index contributed by atoms with van der Waals surface area (Å²) in [5, 5.41) is 24.9. The molecule has 1 aromatic carbocycles. The first-order valence-electron chi connectivity index (χ1n) is 7.32.